The summed E-state index contributed by atoms with van der Waals surface area (Å²) in [6.07, 6.45) is 1.39. The smallest absolute Gasteiger partial charge is 0.312 e. The maximum atomic E-state index is 13.9. The van der Waals surface area contributed by atoms with Gasteiger partial charge in [-0.2, -0.15) is 9.78 Å². The molecule has 0 aliphatic heterocycles. The van der Waals surface area contributed by atoms with Crippen molar-refractivity contribution < 1.29 is 14.4 Å². The van der Waals surface area contributed by atoms with Gasteiger partial charge in [0.25, 0.3) is 5.56 Å². The lowest BCUT2D eigenvalue weighted by Crippen LogP contribution is -2.21. The summed E-state index contributed by atoms with van der Waals surface area (Å²) in [6, 6.07) is 21.7. The zero-order valence-corrected chi connectivity index (χ0v) is 26.6. The maximum Gasteiger partial charge on any atom is 0.312 e. The van der Waals surface area contributed by atoms with Crippen LogP contribution in [0.1, 0.15) is 47.6 Å². The van der Waals surface area contributed by atoms with Crippen LogP contribution in [0.2, 0.25) is 0 Å². The Labute approximate surface area is 263 Å². The van der Waals surface area contributed by atoms with E-state index in [9.17, 15) is 14.9 Å². The SMILES string of the molecule is COc1cc(C)c(-c2nc3ccccc3c(=O)n2N=Cc2cc(Br)cc([N+](=O)[O-])c2OCc2ccc(C)cc2)cc1C(C)C. The van der Waals surface area contributed by atoms with Gasteiger partial charge in [-0.1, -0.05) is 71.7 Å². The molecular weight excluding hydrogens is 624 g/mol. The average Bonchev–Trinajstić information content (AvgIpc) is 3.00. The highest BCUT2D eigenvalue weighted by molar-refractivity contribution is 9.10. The molecule has 1 heterocycles. The fourth-order valence-electron chi connectivity index (χ4n) is 4.92. The third kappa shape index (κ3) is 6.26. The van der Waals surface area contributed by atoms with Crippen LogP contribution >= 0.6 is 15.9 Å². The van der Waals surface area contributed by atoms with E-state index in [-0.39, 0.29) is 29.5 Å². The molecule has 1 aromatic heterocycles. The van der Waals surface area contributed by atoms with E-state index in [2.05, 4.69) is 34.9 Å². The minimum absolute atomic E-state index is 0.0357. The third-order valence-corrected chi connectivity index (χ3v) is 7.73. The van der Waals surface area contributed by atoms with Crippen LogP contribution in [0, 0.1) is 24.0 Å². The molecule has 10 heteroatoms. The number of ether oxygens (including phenoxy) is 2. The zero-order chi connectivity index (χ0) is 31.5. The van der Waals surface area contributed by atoms with Gasteiger partial charge in [-0.15, -0.1) is 0 Å². The standard InChI is InChI=1S/C34H31BrN4O5/c1-20(2)27-17-28(22(4)14-31(27)43-5)33-37-29-9-7-6-8-26(29)34(40)38(33)36-18-24-15-25(35)16-30(39(41)42)32(24)44-19-23-12-10-21(3)11-13-23/h6-18,20H,19H2,1-5H3. The van der Waals surface area contributed by atoms with Gasteiger partial charge in [0.1, 0.15) is 12.4 Å². The van der Waals surface area contributed by atoms with Gasteiger partial charge in [0.05, 0.1) is 29.2 Å². The molecule has 0 amide bonds. The first-order valence-electron chi connectivity index (χ1n) is 14.0. The molecule has 0 radical (unpaired) electrons. The van der Waals surface area contributed by atoms with Gasteiger partial charge in [0.15, 0.2) is 5.82 Å². The van der Waals surface area contributed by atoms with Crippen LogP contribution in [0.25, 0.3) is 22.3 Å². The Kier molecular flexibility index (Phi) is 8.91. The number of hydrogen-bond donors (Lipinski definition) is 0. The molecule has 4 aromatic carbocycles. The topological polar surface area (TPSA) is 109 Å². The molecule has 0 unspecified atom stereocenters. The summed E-state index contributed by atoms with van der Waals surface area (Å²) >= 11 is 3.37. The van der Waals surface area contributed by atoms with Crippen LogP contribution < -0.4 is 15.0 Å². The number of hydrogen-bond acceptors (Lipinski definition) is 7. The molecule has 224 valence electrons. The fraction of sp³-hybridized carbons (Fsp3) is 0.206. The quantitative estimate of drug-likeness (QED) is 0.0906. The third-order valence-electron chi connectivity index (χ3n) is 7.27. The van der Waals surface area contributed by atoms with Gasteiger partial charge in [-0.05, 0) is 66.8 Å². The first-order valence-corrected chi connectivity index (χ1v) is 14.8. The highest BCUT2D eigenvalue weighted by Gasteiger charge is 2.22. The van der Waals surface area contributed by atoms with Crippen LogP contribution in [-0.2, 0) is 6.61 Å². The molecular formula is C34H31BrN4O5. The van der Waals surface area contributed by atoms with Crippen LogP contribution in [0.4, 0.5) is 5.69 Å². The van der Waals surface area contributed by atoms with Crippen molar-refractivity contribution in [3.8, 4) is 22.9 Å². The largest absolute Gasteiger partial charge is 0.496 e. The minimum Gasteiger partial charge on any atom is -0.496 e. The normalized spacial score (nSPS) is 11.4. The summed E-state index contributed by atoms with van der Waals surface area (Å²) in [6.45, 7) is 8.14. The molecule has 0 N–H and O–H groups in total. The fourth-order valence-corrected chi connectivity index (χ4v) is 5.38. The molecule has 0 spiro atoms. The highest BCUT2D eigenvalue weighted by Crippen LogP contribution is 2.36. The van der Waals surface area contributed by atoms with Crippen molar-refractivity contribution >= 4 is 38.7 Å². The minimum atomic E-state index is -0.504. The Morgan fingerprint density at radius 1 is 1.07 bits per heavy atom. The first kappa shape index (κ1) is 30.6. The first-order chi connectivity index (χ1) is 21.1. The molecule has 0 bridgehead atoms. The second-order valence-corrected chi connectivity index (χ2v) is 11.7. The van der Waals surface area contributed by atoms with E-state index in [0.29, 0.717) is 32.3 Å². The van der Waals surface area contributed by atoms with Crippen molar-refractivity contribution in [2.45, 2.75) is 40.2 Å². The van der Waals surface area contributed by atoms with Crippen molar-refractivity contribution in [1.82, 2.24) is 9.66 Å². The molecule has 0 aliphatic rings. The molecule has 0 saturated heterocycles. The predicted molar refractivity (Wildman–Crippen MR) is 176 cm³/mol. The van der Waals surface area contributed by atoms with Gasteiger partial charge in [-0.25, -0.2) is 4.98 Å². The van der Waals surface area contributed by atoms with E-state index in [1.807, 2.05) is 56.3 Å². The Bertz CT molecular complexity index is 1970. The lowest BCUT2D eigenvalue weighted by molar-refractivity contribution is -0.386. The number of aromatic nitrogens is 2. The Balaban J connectivity index is 1.69. The number of halogens is 1. The Morgan fingerprint density at radius 2 is 1.80 bits per heavy atom. The number of methoxy groups -OCH3 is 1. The van der Waals surface area contributed by atoms with Gasteiger partial charge in [0.2, 0.25) is 5.75 Å². The molecule has 44 heavy (non-hydrogen) atoms. The number of nitro benzene ring substituents is 1. The molecule has 5 rings (SSSR count). The predicted octanol–water partition coefficient (Wildman–Crippen LogP) is 7.94. The van der Waals surface area contributed by atoms with Crippen molar-refractivity contribution in [3.05, 3.63) is 126 Å². The molecule has 0 atom stereocenters. The van der Waals surface area contributed by atoms with Gasteiger partial charge < -0.3 is 9.47 Å². The molecule has 5 aromatic rings. The lowest BCUT2D eigenvalue weighted by atomic mass is 9.96. The van der Waals surface area contributed by atoms with Crippen molar-refractivity contribution in [2.24, 2.45) is 5.10 Å². The maximum absolute atomic E-state index is 13.9. The highest BCUT2D eigenvalue weighted by atomic mass is 79.9. The van der Waals surface area contributed by atoms with E-state index in [1.54, 1.807) is 31.4 Å². The summed E-state index contributed by atoms with van der Waals surface area (Å²) in [5.41, 5.74) is 4.69. The van der Waals surface area contributed by atoms with E-state index in [0.717, 1.165) is 28.0 Å². The summed E-state index contributed by atoms with van der Waals surface area (Å²) in [4.78, 5) is 30.3. The van der Waals surface area contributed by atoms with E-state index < -0.39 is 4.92 Å². The van der Waals surface area contributed by atoms with Crippen molar-refractivity contribution in [2.75, 3.05) is 7.11 Å². The summed E-state index contributed by atoms with van der Waals surface area (Å²) in [5.74, 6) is 1.26. The van der Waals surface area contributed by atoms with Crippen LogP contribution in [0.5, 0.6) is 11.5 Å². The number of para-hydroxylation sites is 1. The van der Waals surface area contributed by atoms with E-state index >= 15 is 0 Å². The molecule has 0 aliphatic carbocycles. The van der Waals surface area contributed by atoms with Gasteiger partial charge >= 0.3 is 5.69 Å². The number of rotatable bonds is 9. The molecule has 9 nitrogen and oxygen atoms in total. The van der Waals surface area contributed by atoms with Gasteiger partial charge in [-0.3, -0.25) is 14.9 Å². The Morgan fingerprint density at radius 3 is 2.48 bits per heavy atom. The van der Waals surface area contributed by atoms with Crippen LogP contribution in [0.15, 0.2) is 87.2 Å². The number of fused-ring (bicyclic) bond motifs is 1. The summed E-state index contributed by atoms with van der Waals surface area (Å²) in [5, 5.41) is 17.0. The monoisotopic (exact) mass is 654 g/mol. The number of benzene rings is 4. The van der Waals surface area contributed by atoms with Crippen LogP contribution in [0.3, 0.4) is 0 Å². The molecule has 0 saturated carbocycles. The van der Waals surface area contributed by atoms with E-state index in [1.165, 1.54) is 17.0 Å². The zero-order valence-electron chi connectivity index (χ0n) is 25.0. The number of nitro groups is 1. The van der Waals surface area contributed by atoms with Crippen molar-refractivity contribution in [1.29, 1.82) is 0 Å². The number of aryl methyl sites for hydroxylation is 2. The van der Waals surface area contributed by atoms with E-state index in [4.69, 9.17) is 14.5 Å². The van der Waals surface area contributed by atoms with Crippen LogP contribution in [-0.4, -0.2) is 27.9 Å². The summed E-state index contributed by atoms with van der Waals surface area (Å²) in [7, 11) is 1.63. The lowest BCUT2D eigenvalue weighted by Gasteiger charge is -2.17. The van der Waals surface area contributed by atoms with Gasteiger partial charge in [0, 0.05) is 21.7 Å². The second-order valence-electron chi connectivity index (χ2n) is 10.8. The van der Waals surface area contributed by atoms with Crippen molar-refractivity contribution in [3.63, 3.8) is 0 Å². The number of nitrogens with zero attached hydrogens (tertiary/aromatic N) is 4. The second kappa shape index (κ2) is 12.8. The molecule has 0 fully saturated rings. The average molecular weight is 656 g/mol. The Hall–Kier alpha value is -4.83. The summed E-state index contributed by atoms with van der Waals surface area (Å²) < 4.78 is 13.4.